The summed E-state index contributed by atoms with van der Waals surface area (Å²) >= 11 is 0. The zero-order valence-corrected chi connectivity index (χ0v) is 11.4. The second-order valence-corrected chi connectivity index (χ2v) is 5.49. The van der Waals surface area contributed by atoms with Gasteiger partial charge in [0, 0.05) is 12.5 Å². The van der Waals surface area contributed by atoms with E-state index in [1.807, 2.05) is 12.1 Å². The molecule has 1 aromatic rings. The van der Waals surface area contributed by atoms with Crippen molar-refractivity contribution in [3.8, 4) is 0 Å². The SMILES string of the molecule is CCC(C)(C)C(O)C(CN)c1ccccc1C. The number of rotatable bonds is 5. The first-order valence-corrected chi connectivity index (χ1v) is 6.37. The van der Waals surface area contributed by atoms with Crippen LogP contribution in [0.25, 0.3) is 0 Å². The van der Waals surface area contributed by atoms with Crippen molar-refractivity contribution < 1.29 is 5.11 Å². The monoisotopic (exact) mass is 235 g/mol. The van der Waals surface area contributed by atoms with Crippen LogP contribution in [0.4, 0.5) is 0 Å². The number of hydrogen-bond acceptors (Lipinski definition) is 2. The van der Waals surface area contributed by atoms with E-state index in [1.54, 1.807) is 0 Å². The fraction of sp³-hybridized carbons (Fsp3) is 0.600. The van der Waals surface area contributed by atoms with Gasteiger partial charge in [0.15, 0.2) is 0 Å². The maximum Gasteiger partial charge on any atom is 0.0671 e. The first kappa shape index (κ1) is 14.2. The molecule has 0 aliphatic carbocycles. The molecule has 0 aliphatic heterocycles. The number of aliphatic hydroxyl groups excluding tert-OH is 1. The fourth-order valence-corrected chi connectivity index (χ4v) is 2.18. The Hall–Kier alpha value is -0.860. The number of hydrogen-bond donors (Lipinski definition) is 2. The smallest absolute Gasteiger partial charge is 0.0671 e. The summed E-state index contributed by atoms with van der Waals surface area (Å²) in [5.74, 6) is 0.0196. The summed E-state index contributed by atoms with van der Waals surface area (Å²) in [7, 11) is 0. The van der Waals surface area contributed by atoms with Gasteiger partial charge in [-0.15, -0.1) is 0 Å². The second kappa shape index (κ2) is 5.65. The zero-order valence-electron chi connectivity index (χ0n) is 11.4. The molecule has 0 radical (unpaired) electrons. The molecule has 0 heterocycles. The Morgan fingerprint density at radius 3 is 2.35 bits per heavy atom. The molecule has 17 heavy (non-hydrogen) atoms. The van der Waals surface area contributed by atoms with Crippen LogP contribution in [0, 0.1) is 12.3 Å². The van der Waals surface area contributed by atoms with Crippen molar-refractivity contribution in [1.82, 2.24) is 0 Å². The topological polar surface area (TPSA) is 46.2 Å². The Balaban J connectivity index is 3.04. The van der Waals surface area contributed by atoms with Gasteiger partial charge in [-0.1, -0.05) is 45.0 Å². The van der Waals surface area contributed by atoms with E-state index in [-0.39, 0.29) is 11.3 Å². The largest absolute Gasteiger partial charge is 0.392 e. The first-order chi connectivity index (χ1) is 7.94. The molecule has 96 valence electrons. The van der Waals surface area contributed by atoms with Crippen LogP contribution in [0.3, 0.4) is 0 Å². The van der Waals surface area contributed by atoms with Crippen molar-refractivity contribution in [3.05, 3.63) is 35.4 Å². The maximum atomic E-state index is 10.5. The highest BCUT2D eigenvalue weighted by Gasteiger charge is 2.33. The first-order valence-electron chi connectivity index (χ1n) is 6.37. The van der Waals surface area contributed by atoms with Crippen LogP contribution in [0.5, 0.6) is 0 Å². The van der Waals surface area contributed by atoms with Crippen molar-refractivity contribution in [2.24, 2.45) is 11.1 Å². The van der Waals surface area contributed by atoms with Gasteiger partial charge in [-0.2, -0.15) is 0 Å². The predicted molar refractivity (Wildman–Crippen MR) is 73.1 cm³/mol. The van der Waals surface area contributed by atoms with E-state index in [2.05, 4.69) is 39.8 Å². The lowest BCUT2D eigenvalue weighted by Crippen LogP contribution is -2.38. The molecule has 0 spiro atoms. The van der Waals surface area contributed by atoms with Crippen LogP contribution >= 0.6 is 0 Å². The van der Waals surface area contributed by atoms with Crippen molar-refractivity contribution in [2.75, 3.05) is 6.54 Å². The molecule has 0 saturated carbocycles. The summed E-state index contributed by atoms with van der Waals surface area (Å²) in [6.07, 6.45) is 0.537. The summed E-state index contributed by atoms with van der Waals surface area (Å²) in [5.41, 5.74) is 8.13. The summed E-state index contributed by atoms with van der Waals surface area (Å²) in [6, 6.07) is 8.17. The third-order valence-electron chi connectivity index (χ3n) is 3.93. The molecule has 2 nitrogen and oxygen atoms in total. The lowest BCUT2D eigenvalue weighted by molar-refractivity contribution is 0.0263. The molecule has 0 aromatic heterocycles. The normalized spacial score (nSPS) is 15.6. The molecule has 2 atom stereocenters. The molecule has 2 heteroatoms. The van der Waals surface area contributed by atoms with Crippen LogP contribution in [0.1, 0.15) is 44.2 Å². The number of benzene rings is 1. The number of nitrogens with two attached hydrogens (primary N) is 1. The van der Waals surface area contributed by atoms with Crippen molar-refractivity contribution in [2.45, 2.75) is 46.1 Å². The highest BCUT2D eigenvalue weighted by Crippen LogP contribution is 2.35. The van der Waals surface area contributed by atoms with E-state index in [0.29, 0.717) is 6.54 Å². The van der Waals surface area contributed by atoms with Crippen molar-refractivity contribution >= 4 is 0 Å². The van der Waals surface area contributed by atoms with Gasteiger partial charge in [-0.25, -0.2) is 0 Å². The Morgan fingerprint density at radius 1 is 1.29 bits per heavy atom. The quantitative estimate of drug-likeness (QED) is 0.824. The van der Waals surface area contributed by atoms with Gasteiger partial charge < -0.3 is 10.8 Å². The Morgan fingerprint density at radius 2 is 1.88 bits per heavy atom. The van der Waals surface area contributed by atoms with Gasteiger partial charge in [-0.05, 0) is 29.9 Å². The molecule has 2 unspecified atom stereocenters. The third-order valence-corrected chi connectivity index (χ3v) is 3.93. The van der Waals surface area contributed by atoms with E-state index in [1.165, 1.54) is 11.1 Å². The highest BCUT2D eigenvalue weighted by atomic mass is 16.3. The summed E-state index contributed by atoms with van der Waals surface area (Å²) in [4.78, 5) is 0. The van der Waals surface area contributed by atoms with E-state index < -0.39 is 6.10 Å². The molecule has 0 saturated heterocycles. The lowest BCUT2D eigenvalue weighted by Gasteiger charge is -2.35. The summed E-state index contributed by atoms with van der Waals surface area (Å²) in [6.45, 7) is 8.85. The van der Waals surface area contributed by atoms with E-state index in [9.17, 15) is 5.11 Å². The number of aliphatic hydroxyl groups is 1. The maximum absolute atomic E-state index is 10.5. The molecule has 0 aliphatic rings. The fourth-order valence-electron chi connectivity index (χ4n) is 2.18. The zero-order chi connectivity index (χ0) is 13.1. The molecule has 0 amide bonds. The van der Waals surface area contributed by atoms with Gasteiger partial charge in [0.1, 0.15) is 0 Å². The predicted octanol–water partition coefficient (Wildman–Crippen LogP) is 2.83. The van der Waals surface area contributed by atoms with Crippen LogP contribution in [0.2, 0.25) is 0 Å². The lowest BCUT2D eigenvalue weighted by atomic mass is 9.74. The highest BCUT2D eigenvalue weighted by molar-refractivity contribution is 5.30. The van der Waals surface area contributed by atoms with E-state index >= 15 is 0 Å². The summed E-state index contributed by atoms with van der Waals surface area (Å²) in [5, 5.41) is 10.5. The minimum Gasteiger partial charge on any atom is -0.392 e. The molecular weight excluding hydrogens is 210 g/mol. The van der Waals surface area contributed by atoms with E-state index in [4.69, 9.17) is 5.73 Å². The average Bonchev–Trinajstić information content (AvgIpc) is 2.32. The van der Waals surface area contributed by atoms with Crippen molar-refractivity contribution in [3.63, 3.8) is 0 Å². The standard InChI is InChI=1S/C15H25NO/c1-5-15(3,4)14(17)13(10-16)12-9-7-6-8-11(12)2/h6-9,13-14,17H,5,10,16H2,1-4H3. The van der Waals surface area contributed by atoms with Gasteiger partial charge in [0.2, 0.25) is 0 Å². The number of aryl methyl sites for hydroxylation is 1. The van der Waals surface area contributed by atoms with Crippen molar-refractivity contribution in [1.29, 1.82) is 0 Å². The molecular formula is C15H25NO. The Labute approximate surface area is 105 Å². The molecule has 3 N–H and O–H groups in total. The minimum absolute atomic E-state index is 0.0196. The Bertz CT molecular complexity index is 360. The Kier molecular flexibility index (Phi) is 4.72. The van der Waals surface area contributed by atoms with Crippen LogP contribution in [-0.2, 0) is 0 Å². The minimum atomic E-state index is -0.404. The van der Waals surface area contributed by atoms with Crippen LogP contribution < -0.4 is 5.73 Å². The van der Waals surface area contributed by atoms with Gasteiger partial charge in [0.05, 0.1) is 6.10 Å². The van der Waals surface area contributed by atoms with E-state index in [0.717, 1.165) is 6.42 Å². The molecule has 0 bridgehead atoms. The molecule has 0 fully saturated rings. The van der Waals surface area contributed by atoms with Crippen LogP contribution in [0.15, 0.2) is 24.3 Å². The summed E-state index contributed by atoms with van der Waals surface area (Å²) < 4.78 is 0. The van der Waals surface area contributed by atoms with Gasteiger partial charge in [-0.3, -0.25) is 0 Å². The van der Waals surface area contributed by atoms with Gasteiger partial charge in [0.25, 0.3) is 0 Å². The average molecular weight is 235 g/mol. The molecule has 1 rings (SSSR count). The third kappa shape index (κ3) is 3.08. The van der Waals surface area contributed by atoms with Gasteiger partial charge >= 0.3 is 0 Å². The van der Waals surface area contributed by atoms with Crippen LogP contribution in [-0.4, -0.2) is 17.8 Å². The molecule has 1 aromatic carbocycles. The second-order valence-electron chi connectivity index (χ2n) is 5.49.